The van der Waals surface area contributed by atoms with Crippen molar-refractivity contribution in [3.05, 3.63) is 0 Å². The summed E-state index contributed by atoms with van der Waals surface area (Å²) >= 11 is 0. The number of carbonyl (C=O) groups is 1. The number of hydrogen-bond acceptors (Lipinski definition) is 1. The molecule has 2 unspecified atom stereocenters. The van der Waals surface area contributed by atoms with Gasteiger partial charge in [-0.2, -0.15) is 0 Å². The topological polar surface area (TPSA) is 17.1 Å². The number of rotatable bonds is 7. The molecule has 0 aliphatic heterocycles. The molecule has 0 aromatic rings. The molecule has 21 heavy (non-hydrogen) atoms. The van der Waals surface area contributed by atoms with Gasteiger partial charge in [0.15, 0.2) is 0 Å². The predicted molar refractivity (Wildman–Crippen MR) is 90.3 cm³/mol. The van der Waals surface area contributed by atoms with Gasteiger partial charge in [0, 0.05) is 12.3 Å². The summed E-state index contributed by atoms with van der Waals surface area (Å²) in [5.74, 6) is 3.51. The Morgan fingerprint density at radius 2 is 1.95 bits per heavy atom. The van der Waals surface area contributed by atoms with Crippen LogP contribution in [0.3, 0.4) is 0 Å². The summed E-state index contributed by atoms with van der Waals surface area (Å²) < 4.78 is 0. The highest BCUT2D eigenvalue weighted by molar-refractivity contribution is 5.83. The fraction of sp³-hybridized carbons (Fsp3) is 0.950. The van der Waals surface area contributed by atoms with Gasteiger partial charge in [-0.1, -0.05) is 59.8 Å². The molecule has 2 aliphatic rings. The van der Waals surface area contributed by atoms with Gasteiger partial charge in [-0.05, 0) is 48.9 Å². The van der Waals surface area contributed by atoms with Crippen molar-refractivity contribution in [2.24, 2.45) is 29.1 Å². The molecule has 0 aromatic carbocycles. The second kappa shape index (κ2) is 7.29. The quantitative estimate of drug-likeness (QED) is 0.561. The first kappa shape index (κ1) is 17.0. The fourth-order valence-corrected chi connectivity index (χ4v) is 5.45. The van der Waals surface area contributed by atoms with Crippen LogP contribution in [0, 0.1) is 29.1 Å². The normalized spacial score (nSPS) is 34.2. The summed E-state index contributed by atoms with van der Waals surface area (Å²) in [6.45, 7) is 9.46. The van der Waals surface area contributed by atoms with Crippen molar-refractivity contribution >= 4 is 5.78 Å². The third-order valence-electron chi connectivity index (χ3n) is 6.52. The molecule has 2 aliphatic carbocycles. The van der Waals surface area contributed by atoms with Gasteiger partial charge in [0.2, 0.25) is 0 Å². The van der Waals surface area contributed by atoms with Gasteiger partial charge in [-0.3, -0.25) is 4.79 Å². The Morgan fingerprint density at radius 1 is 1.19 bits per heavy atom. The number of Topliss-reactive ketones (excluding diaryl/α,β-unsaturated/α-hetero) is 1. The van der Waals surface area contributed by atoms with Crippen LogP contribution in [0.2, 0.25) is 0 Å². The molecule has 0 spiro atoms. The maximum Gasteiger partial charge on any atom is 0.136 e. The molecular weight excluding hydrogens is 256 g/mol. The first-order valence-corrected chi connectivity index (χ1v) is 9.51. The molecule has 0 bridgehead atoms. The van der Waals surface area contributed by atoms with Crippen LogP contribution in [-0.2, 0) is 4.79 Å². The smallest absolute Gasteiger partial charge is 0.136 e. The molecule has 2 fully saturated rings. The van der Waals surface area contributed by atoms with Crippen molar-refractivity contribution in [2.45, 2.75) is 91.9 Å². The summed E-state index contributed by atoms with van der Waals surface area (Å²) in [7, 11) is 0. The van der Waals surface area contributed by atoms with Crippen molar-refractivity contribution in [1.82, 2.24) is 0 Å². The fourth-order valence-electron chi connectivity index (χ4n) is 5.45. The molecule has 1 nitrogen and oxygen atoms in total. The predicted octanol–water partition coefficient (Wildman–Crippen LogP) is 6.01. The Balaban J connectivity index is 2.03. The molecule has 0 amide bonds. The molecule has 4 atom stereocenters. The lowest BCUT2D eigenvalue weighted by molar-refractivity contribution is -0.130. The van der Waals surface area contributed by atoms with E-state index in [0.29, 0.717) is 17.1 Å². The summed E-state index contributed by atoms with van der Waals surface area (Å²) in [4.78, 5) is 12.3. The zero-order valence-corrected chi connectivity index (χ0v) is 14.8. The molecule has 0 N–H and O–H groups in total. The van der Waals surface area contributed by atoms with Gasteiger partial charge in [0.05, 0.1) is 0 Å². The Labute approximate surface area is 132 Å². The Hall–Kier alpha value is -0.330. The van der Waals surface area contributed by atoms with E-state index in [4.69, 9.17) is 0 Å². The number of carbonyl (C=O) groups excluding carboxylic acids is 1. The third-order valence-corrected chi connectivity index (χ3v) is 6.52. The van der Waals surface area contributed by atoms with Crippen molar-refractivity contribution in [3.8, 4) is 0 Å². The van der Waals surface area contributed by atoms with Gasteiger partial charge in [0.25, 0.3) is 0 Å². The number of hydrogen-bond donors (Lipinski definition) is 0. The van der Waals surface area contributed by atoms with E-state index in [0.717, 1.165) is 30.6 Å². The highest BCUT2D eigenvalue weighted by Gasteiger charge is 2.52. The van der Waals surface area contributed by atoms with Crippen molar-refractivity contribution in [1.29, 1.82) is 0 Å². The monoisotopic (exact) mass is 292 g/mol. The van der Waals surface area contributed by atoms with Gasteiger partial charge < -0.3 is 0 Å². The van der Waals surface area contributed by atoms with Crippen molar-refractivity contribution in [3.63, 3.8) is 0 Å². The molecule has 2 saturated carbocycles. The van der Waals surface area contributed by atoms with Gasteiger partial charge in [-0.25, -0.2) is 0 Å². The third kappa shape index (κ3) is 3.71. The molecule has 122 valence electrons. The molecular formula is C20H36O. The minimum Gasteiger partial charge on any atom is -0.299 e. The molecule has 0 heterocycles. The van der Waals surface area contributed by atoms with E-state index in [2.05, 4.69) is 27.7 Å². The van der Waals surface area contributed by atoms with Crippen molar-refractivity contribution < 1.29 is 4.79 Å². The van der Waals surface area contributed by atoms with Crippen LogP contribution in [0.5, 0.6) is 0 Å². The zero-order chi connectivity index (χ0) is 15.5. The molecule has 1 heteroatoms. The van der Waals surface area contributed by atoms with Crippen LogP contribution in [0.25, 0.3) is 0 Å². The van der Waals surface area contributed by atoms with Crippen LogP contribution >= 0.6 is 0 Å². The molecule has 2 rings (SSSR count). The van der Waals surface area contributed by atoms with Gasteiger partial charge in [-0.15, -0.1) is 0 Å². The lowest BCUT2D eigenvalue weighted by Gasteiger charge is -2.43. The minimum absolute atomic E-state index is 0.340. The molecule has 0 radical (unpaired) electrons. The highest BCUT2D eigenvalue weighted by Crippen LogP contribution is 2.57. The average molecular weight is 293 g/mol. The first-order valence-electron chi connectivity index (χ1n) is 9.51. The lowest BCUT2D eigenvalue weighted by atomic mass is 9.61. The summed E-state index contributed by atoms with van der Waals surface area (Å²) in [5.41, 5.74) is 0.340. The van der Waals surface area contributed by atoms with E-state index < -0.39 is 0 Å². The molecule has 0 saturated heterocycles. The lowest BCUT2D eigenvalue weighted by Crippen LogP contribution is -2.39. The standard InChI is InChI=1S/C20H36O/c1-5-8-16(10-6-9-15(2)3)17-12-13-18-19(21)11-7-14-20(17,18)4/h15-18H,5-14H2,1-4H3/t16-,17?,18+,20?/m1/s1. The van der Waals surface area contributed by atoms with E-state index in [9.17, 15) is 4.79 Å². The number of ketones is 1. The van der Waals surface area contributed by atoms with Crippen LogP contribution in [-0.4, -0.2) is 5.78 Å². The Kier molecular flexibility index (Phi) is 5.91. The molecule has 0 aromatic heterocycles. The van der Waals surface area contributed by atoms with Gasteiger partial charge in [0.1, 0.15) is 5.78 Å². The summed E-state index contributed by atoms with van der Waals surface area (Å²) in [6.07, 6.45) is 12.6. The van der Waals surface area contributed by atoms with Crippen LogP contribution in [0.15, 0.2) is 0 Å². The van der Waals surface area contributed by atoms with E-state index >= 15 is 0 Å². The minimum atomic E-state index is 0.340. The van der Waals surface area contributed by atoms with Gasteiger partial charge >= 0.3 is 0 Å². The van der Waals surface area contributed by atoms with Crippen molar-refractivity contribution in [2.75, 3.05) is 0 Å². The average Bonchev–Trinajstić information content (AvgIpc) is 2.76. The van der Waals surface area contributed by atoms with E-state index in [1.165, 1.54) is 51.4 Å². The second-order valence-corrected chi connectivity index (χ2v) is 8.44. The van der Waals surface area contributed by atoms with E-state index in [-0.39, 0.29) is 0 Å². The van der Waals surface area contributed by atoms with E-state index in [1.807, 2.05) is 0 Å². The van der Waals surface area contributed by atoms with Crippen LogP contribution in [0.1, 0.15) is 91.9 Å². The maximum absolute atomic E-state index is 12.3. The SMILES string of the molecule is CCC[C@H](CCCC(C)C)C1CC[C@H]2C(=O)CCCC12C. The second-order valence-electron chi connectivity index (χ2n) is 8.44. The highest BCUT2D eigenvalue weighted by atomic mass is 16.1. The Morgan fingerprint density at radius 3 is 2.62 bits per heavy atom. The van der Waals surface area contributed by atoms with Crippen LogP contribution in [0.4, 0.5) is 0 Å². The number of fused-ring (bicyclic) bond motifs is 1. The Bertz CT molecular complexity index is 346. The summed E-state index contributed by atoms with van der Waals surface area (Å²) in [5, 5.41) is 0. The van der Waals surface area contributed by atoms with E-state index in [1.54, 1.807) is 0 Å². The largest absolute Gasteiger partial charge is 0.299 e. The first-order chi connectivity index (χ1) is 9.99. The van der Waals surface area contributed by atoms with Crippen LogP contribution < -0.4 is 0 Å². The zero-order valence-electron chi connectivity index (χ0n) is 14.8. The maximum atomic E-state index is 12.3. The summed E-state index contributed by atoms with van der Waals surface area (Å²) in [6, 6.07) is 0.